The van der Waals surface area contributed by atoms with Crippen molar-refractivity contribution in [3.05, 3.63) is 48.0 Å². The first-order valence-electron chi connectivity index (χ1n) is 10.5. The van der Waals surface area contributed by atoms with Crippen LogP contribution in [0.3, 0.4) is 0 Å². The standard InChI is InChI=1S/C23H32O5S/c1-2-3-4-5-6-7-8-9-10-12-19-15-16-21(18-23(19)24)28-20-13-11-14-22(17-20)29(25,26)27/h11,13-18,24H,2-10,12H2,1H3,(H,25,26,27). The quantitative estimate of drug-likeness (QED) is 0.285. The summed E-state index contributed by atoms with van der Waals surface area (Å²) in [6, 6.07) is 10.7. The number of rotatable bonds is 13. The summed E-state index contributed by atoms with van der Waals surface area (Å²) in [6.45, 7) is 2.23. The number of hydrogen-bond donors (Lipinski definition) is 2. The molecule has 5 nitrogen and oxygen atoms in total. The number of benzene rings is 2. The van der Waals surface area contributed by atoms with E-state index in [1.165, 1.54) is 69.2 Å². The monoisotopic (exact) mass is 420 g/mol. The molecule has 0 aliphatic carbocycles. The van der Waals surface area contributed by atoms with Crippen molar-refractivity contribution >= 4 is 10.1 Å². The zero-order chi connectivity index (χ0) is 21.1. The van der Waals surface area contributed by atoms with Gasteiger partial charge in [0.1, 0.15) is 17.2 Å². The van der Waals surface area contributed by atoms with E-state index in [9.17, 15) is 13.5 Å². The Morgan fingerprint density at radius 1 is 0.828 bits per heavy atom. The van der Waals surface area contributed by atoms with E-state index in [4.69, 9.17) is 9.29 Å². The molecule has 0 heterocycles. The summed E-state index contributed by atoms with van der Waals surface area (Å²) in [4.78, 5) is -0.235. The molecule has 6 heteroatoms. The van der Waals surface area contributed by atoms with Crippen molar-refractivity contribution in [1.82, 2.24) is 0 Å². The summed E-state index contributed by atoms with van der Waals surface area (Å²) in [5.74, 6) is 0.852. The summed E-state index contributed by atoms with van der Waals surface area (Å²) >= 11 is 0. The van der Waals surface area contributed by atoms with Gasteiger partial charge in [0, 0.05) is 12.1 Å². The van der Waals surface area contributed by atoms with Crippen LogP contribution in [0.15, 0.2) is 47.4 Å². The number of phenols is 1. The van der Waals surface area contributed by atoms with Crippen molar-refractivity contribution in [1.29, 1.82) is 0 Å². The second-order valence-corrected chi connectivity index (χ2v) is 8.84. The summed E-state index contributed by atoms with van der Waals surface area (Å²) in [5.41, 5.74) is 0.881. The molecule has 0 bridgehead atoms. The minimum atomic E-state index is -4.29. The van der Waals surface area contributed by atoms with E-state index in [1.807, 2.05) is 6.07 Å². The van der Waals surface area contributed by atoms with Crippen LogP contribution < -0.4 is 4.74 Å². The maximum atomic E-state index is 11.2. The molecular weight excluding hydrogens is 388 g/mol. The van der Waals surface area contributed by atoms with Crippen molar-refractivity contribution in [2.24, 2.45) is 0 Å². The van der Waals surface area contributed by atoms with E-state index in [-0.39, 0.29) is 16.4 Å². The highest BCUT2D eigenvalue weighted by atomic mass is 32.2. The van der Waals surface area contributed by atoms with E-state index in [0.29, 0.717) is 5.75 Å². The first-order chi connectivity index (χ1) is 13.9. The Hall–Kier alpha value is -2.05. The molecule has 2 aromatic carbocycles. The fraction of sp³-hybridized carbons (Fsp3) is 0.478. The maximum Gasteiger partial charge on any atom is 0.294 e. The van der Waals surface area contributed by atoms with Gasteiger partial charge in [-0.3, -0.25) is 4.55 Å². The van der Waals surface area contributed by atoms with Gasteiger partial charge in [0.25, 0.3) is 10.1 Å². The Balaban J connectivity index is 1.79. The molecule has 0 aromatic heterocycles. The Bertz CT molecular complexity index is 861. The highest BCUT2D eigenvalue weighted by Gasteiger charge is 2.11. The summed E-state index contributed by atoms with van der Waals surface area (Å²) in [7, 11) is -4.29. The molecule has 2 rings (SSSR count). The third kappa shape index (κ3) is 8.46. The van der Waals surface area contributed by atoms with Crippen LogP contribution in [0.4, 0.5) is 0 Å². The number of aromatic hydroxyl groups is 1. The number of hydrogen-bond acceptors (Lipinski definition) is 4. The van der Waals surface area contributed by atoms with Gasteiger partial charge in [0.15, 0.2) is 0 Å². The van der Waals surface area contributed by atoms with Gasteiger partial charge >= 0.3 is 0 Å². The first-order valence-corrected chi connectivity index (χ1v) is 11.9. The lowest BCUT2D eigenvalue weighted by molar-refractivity contribution is 0.447. The highest BCUT2D eigenvalue weighted by Crippen LogP contribution is 2.29. The van der Waals surface area contributed by atoms with Crippen molar-refractivity contribution in [2.45, 2.75) is 76.0 Å². The van der Waals surface area contributed by atoms with Crippen LogP contribution in [-0.2, 0) is 16.5 Å². The minimum absolute atomic E-state index is 0.174. The summed E-state index contributed by atoms with van der Waals surface area (Å²) in [6.07, 6.45) is 12.2. The fourth-order valence-corrected chi connectivity index (χ4v) is 3.79. The predicted molar refractivity (Wildman–Crippen MR) is 115 cm³/mol. The maximum absolute atomic E-state index is 11.2. The second-order valence-electron chi connectivity index (χ2n) is 7.42. The lowest BCUT2D eigenvalue weighted by Gasteiger charge is -2.10. The molecule has 0 amide bonds. The molecule has 0 saturated carbocycles. The van der Waals surface area contributed by atoms with Crippen LogP contribution >= 0.6 is 0 Å². The Labute approximate surface area is 174 Å². The predicted octanol–water partition coefficient (Wildman–Crippen LogP) is 6.50. The molecule has 160 valence electrons. The second kappa shape index (κ2) is 11.8. The van der Waals surface area contributed by atoms with Gasteiger partial charge < -0.3 is 9.84 Å². The number of phenolic OH excluding ortho intramolecular Hbond substituents is 1. The lowest BCUT2D eigenvalue weighted by atomic mass is 10.0. The number of ether oxygens (including phenoxy) is 1. The van der Waals surface area contributed by atoms with Crippen LogP contribution in [0.5, 0.6) is 17.2 Å². The molecule has 0 spiro atoms. The molecule has 2 aromatic rings. The highest BCUT2D eigenvalue weighted by molar-refractivity contribution is 7.85. The minimum Gasteiger partial charge on any atom is -0.508 e. The molecule has 0 saturated heterocycles. The average Bonchev–Trinajstić information content (AvgIpc) is 2.68. The summed E-state index contributed by atoms with van der Waals surface area (Å²) < 4.78 is 37.2. The molecule has 0 unspecified atom stereocenters. The zero-order valence-corrected chi connectivity index (χ0v) is 18.0. The Kier molecular flexibility index (Phi) is 9.48. The normalized spacial score (nSPS) is 11.5. The molecule has 0 radical (unpaired) electrons. The van der Waals surface area contributed by atoms with Gasteiger partial charge in [0.05, 0.1) is 4.90 Å². The molecule has 0 aliphatic heterocycles. The topological polar surface area (TPSA) is 83.8 Å². The van der Waals surface area contributed by atoms with Gasteiger partial charge in [-0.2, -0.15) is 8.42 Å². The van der Waals surface area contributed by atoms with Crippen molar-refractivity contribution in [2.75, 3.05) is 0 Å². The van der Waals surface area contributed by atoms with E-state index in [2.05, 4.69) is 6.92 Å². The number of aryl methyl sites for hydroxylation is 1. The third-order valence-electron chi connectivity index (χ3n) is 4.95. The van der Waals surface area contributed by atoms with Crippen molar-refractivity contribution in [3.63, 3.8) is 0 Å². The first kappa shape index (κ1) is 23.2. The Morgan fingerprint density at radius 3 is 2.07 bits per heavy atom. The van der Waals surface area contributed by atoms with Crippen LogP contribution in [-0.4, -0.2) is 18.1 Å². The molecule has 2 N–H and O–H groups in total. The van der Waals surface area contributed by atoms with E-state index in [0.717, 1.165) is 24.8 Å². The average molecular weight is 421 g/mol. The summed E-state index contributed by atoms with van der Waals surface area (Å²) in [5, 5.41) is 10.3. The fourth-order valence-electron chi connectivity index (χ4n) is 3.28. The van der Waals surface area contributed by atoms with Crippen LogP contribution in [0.2, 0.25) is 0 Å². The van der Waals surface area contributed by atoms with E-state index < -0.39 is 10.1 Å². The molecule has 29 heavy (non-hydrogen) atoms. The molecule has 0 aliphatic rings. The van der Waals surface area contributed by atoms with Gasteiger partial charge in [-0.25, -0.2) is 0 Å². The van der Waals surface area contributed by atoms with E-state index in [1.54, 1.807) is 12.1 Å². The molecule has 0 fully saturated rings. The van der Waals surface area contributed by atoms with Crippen molar-refractivity contribution < 1.29 is 22.8 Å². The van der Waals surface area contributed by atoms with Gasteiger partial charge in [-0.05, 0) is 36.6 Å². The zero-order valence-electron chi connectivity index (χ0n) is 17.1. The number of unbranched alkanes of at least 4 members (excludes halogenated alkanes) is 8. The van der Waals surface area contributed by atoms with Crippen LogP contribution in [0.25, 0.3) is 0 Å². The van der Waals surface area contributed by atoms with E-state index >= 15 is 0 Å². The van der Waals surface area contributed by atoms with Crippen molar-refractivity contribution in [3.8, 4) is 17.2 Å². The van der Waals surface area contributed by atoms with Crippen LogP contribution in [0, 0.1) is 0 Å². The largest absolute Gasteiger partial charge is 0.508 e. The SMILES string of the molecule is CCCCCCCCCCCc1ccc(Oc2cccc(S(=O)(=O)O)c2)cc1O. The third-order valence-corrected chi connectivity index (χ3v) is 5.80. The molecule has 0 atom stereocenters. The van der Waals surface area contributed by atoms with Gasteiger partial charge in [-0.15, -0.1) is 0 Å². The lowest BCUT2D eigenvalue weighted by Crippen LogP contribution is -1.98. The van der Waals surface area contributed by atoms with Gasteiger partial charge in [0.2, 0.25) is 0 Å². The van der Waals surface area contributed by atoms with Gasteiger partial charge in [-0.1, -0.05) is 70.4 Å². The van der Waals surface area contributed by atoms with Crippen LogP contribution in [0.1, 0.15) is 70.3 Å². The molecular formula is C23H32O5S. The smallest absolute Gasteiger partial charge is 0.294 e. The Morgan fingerprint density at radius 2 is 1.45 bits per heavy atom.